The summed E-state index contributed by atoms with van der Waals surface area (Å²) in [6.07, 6.45) is 5.07. The maximum absolute atomic E-state index is 12.7. The van der Waals surface area contributed by atoms with Crippen molar-refractivity contribution in [1.82, 2.24) is 20.4 Å². The summed E-state index contributed by atoms with van der Waals surface area (Å²) >= 11 is 0. The fraction of sp³-hybridized carbons (Fsp3) is 0.550. The average molecular weight is 354 g/mol. The number of nitrogens with zero attached hydrogens (tertiary/aromatic N) is 3. The van der Waals surface area contributed by atoms with Gasteiger partial charge in [0.2, 0.25) is 11.8 Å². The number of aryl methyl sites for hydroxylation is 1. The molecule has 1 aromatic heterocycles. The first-order valence-corrected chi connectivity index (χ1v) is 9.58. The van der Waals surface area contributed by atoms with Gasteiger partial charge >= 0.3 is 0 Å². The fourth-order valence-corrected chi connectivity index (χ4v) is 4.12. The predicted molar refractivity (Wildman–Crippen MR) is 97.4 cm³/mol. The number of likely N-dealkylation sites (tertiary alicyclic amines) is 1. The summed E-state index contributed by atoms with van der Waals surface area (Å²) in [6.45, 7) is 3.40. The van der Waals surface area contributed by atoms with Crippen LogP contribution < -0.4 is 5.32 Å². The number of hydrogen-bond acceptors (Lipinski definition) is 5. The Labute approximate surface area is 154 Å². The van der Waals surface area contributed by atoms with Gasteiger partial charge in [0.05, 0.1) is 6.04 Å². The van der Waals surface area contributed by atoms with Crippen LogP contribution in [0.15, 0.2) is 34.9 Å². The molecule has 1 aliphatic carbocycles. The lowest BCUT2D eigenvalue weighted by atomic mass is 9.85. The quantitative estimate of drug-likeness (QED) is 0.894. The Kier molecular flexibility index (Phi) is 5.02. The van der Waals surface area contributed by atoms with Gasteiger partial charge in [-0.25, -0.2) is 0 Å². The van der Waals surface area contributed by atoms with Crippen LogP contribution in [0, 0.1) is 6.92 Å². The second-order valence-electron chi connectivity index (χ2n) is 7.48. The van der Waals surface area contributed by atoms with Crippen LogP contribution in [-0.2, 0) is 11.3 Å². The molecule has 0 radical (unpaired) electrons. The summed E-state index contributed by atoms with van der Waals surface area (Å²) in [6, 6.07) is 10.6. The van der Waals surface area contributed by atoms with Gasteiger partial charge in [-0.05, 0) is 44.6 Å². The lowest BCUT2D eigenvalue weighted by Crippen LogP contribution is -2.44. The highest BCUT2D eigenvalue weighted by atomic mass is 16.5. The van der Waals surface area contributed by atoms with E-state index in [1.165, 1.54) is 5.56 Å². The molecule has 1 amide bonds. The molecule has 138 valence electrons. The van der Waals surface area contributed by atoms with E-state index in [0.29, 0.717) is 24.3 Å². The number of benzene rings is 1. The van der Waals surface area contributed by atoms with Gasteiger partial charge in [-0.3, -0.25) is 4.79 Å². The van der Waals surface area contributed by atoms with Gasteiger partial charge in [0, 0.05) is 25.0 Å². The minimum absolute atomic E-state index is 0.0362. The van der Waals surface area contributed by atoms with E-state index in [1.807, 2.05) is 30.0 Å². The van der Waals surface area contributed by atoms with Crippen LogP contribution in [0.4, 0.5) is 0 Å². The molecule has 1 aliphatic heterocycles. The largest absolute Gasteiger partial charge is 0.339 e. The molecule has 4 rings (SSSR count). The van der Waals surface area contributed by atoms with Crippen LogP contribution in [-0.4, -0.2) is 39.6 Å². The number of hydrogen-bond donors (Lipinski definition) is 1. The lowest BCUT2D eigenvalue weighted by molar-refractivity contribution is -0.130. The third-order valence-electron chi connectivity index (χ3n) is 5.57. The van der Waals surface area contributed by atoms with Gasteiger partial charge in [-0.2, -0.15) is 4.98 Å². The highest BCUT2D eigenvalue weighted by Crippen LogP contribution is 2.32. The topological polar surface area (TPSA) is 71.3 Å². The predicted octanol–water partition coefficient (Wildman–Crippen LogP) is 2.79. The highest BCUT2D eigenvalue weighted by Gasteiger charge is 2.34. The zero-order valence-corrected chi connectivity index (χ0v) is 15.2. The number of amides is 1. The van der Waals surface area contributed by atoms with E-state index >= 15 is 0 Å². The Morgan fingerprint density at radius 1 is 1.15 bits per heavy atom. The van der Waals surface area contributed by atoms with Gasteiger partial charge in [-0.15, -0.1) is 0 Å². The molecule has 1 saturated carbocycles. The molecule has 2 aliphatic rings. The standard InChI is InChI=1S/C20H26N4O2/c1-14-21-19(26-23-14)16-7-9-17(10-8-16)22-18-11-12-24(20(18)25)13-15-5-3-2-4-6-15/h2-6,16-18,22H,7-13H2,1H3. The van der Waals surface area contributed by atoms with Crippen LogP contribution in [0.2, 0.25) is 0 Å². The molecule has 1 N–H and O–H groups in total. The summed E-state index contributed by atoms with van der Waals surface area (Å²) in [7, 11) is 0. The summed E-state index contributed by atoms with van der Waals surface area (Å²) in [4.78, 5) is 19.0. The molecular formula is C20H26N4O2. The van der Waals surface area contributed by atoms with Gasteiger partial charge < -0.3 is 14.7 Å². The maximum atomic E-state index is 12.7. The Morgan fingerprint density at radius 2 is 1.92 bits per heavy atom. The third-order valence-corrected chi connectivity index (χ3v) is 5.57. The van der Waals surface area contributed by atoms with Crippen molar-refractivity contribution in [3.05, 3.63) is 47.6 Å². The molecule has 1 aromatic carbocycles. The molecule has 1 saturated heterocycles. The smallest absolute Gasteiger partial charge is 0.240 e. The summed E-state index contributed by atoms with van der Waals surface area (Å²) in [5, 5.41) is 7.50. The number of nitrogens with one attached hydrogen (secondary N) is 1. The van der Waals surface area contributed by atoms with E-state index in [4.69, 9.17) is 4.52 Å². The molecule has 0 spiro atoms. The molecule has 6 nitrogen and oxygen atoms in total. The number of carbonyl (C=O) groups excluding carboxylic acids is 1. The van der Waals surface area contributed by atoms with Crippen molar-refractivity contribution in [2.45, 2.75) is 63.6 Å². The first kappa shape index (κ1) is 17.2. The van der Waals surface area contributed by atoms with Crippen LogP contribution in [0.25, 0.3) is 0 Å². The molecule has 2 heterocycles. The first-order chi connectivity index (χ1) is 12.7. The monoisotopic (exact) mass is 354 g/mol. The van der Waals surface area contributed by atoms with E-state index in [0.717, 1.165) is 44.5 Å². The van der Waals surface area contributed by atoms with Crippen LogP contribution >= 0.6 is 0 Å². The molecule has 1 unspecified atom stereocenters. The summed E-state index contributed by atoms with van der Waals surface area (Å²) < 4.78 is 5.32. The normalized spacial score (nSPS) is 26.4. The fourth-order valence-electron chi connectivity index (χ4n) is 4.12. The van der Waals surface area contributed by atoms with Crippen molar-refractivity contribution in [2.24, 2.45) is 0 Å². The second kappa shape index (κ2) is 7.58. The molecule has 2 fully saturated rings. The van der Waals surface area contributed by atoms with Crippen LogP contribution in [0.3, 0.4) is 0 Å². The molecule has 26 heavy (non-hydrogen) atoms. The van der Waals surface area contributed by atoms with Gasteiger partial charge in [0.25, 0.3) is 0 Å². The minimum atomic E-state index is -0.0362. The SMILES string of the molecule is Cc1noc(C2CCC(NC3CCN(Cc4ccccc4)C3=O)CC2)n1. The van der Waals surface area contributed by atoms with E-state index in [1.54, 1.807) is 0 Å². The van der Waals surface area contributed by atoms with E-state index in [9.17, 15) is 4.79 Å². The van der Waals surface area contributed by atoms with Crippen molar-refractivity contribution in [3.63, 3.8) is 0 Å². The van der Waals surface area contributed by atoms with Crippen LogP contribution in [0.5, 0.6) is 0 Å². The maximum Gasteiger partial charge on any atom is 0.240 e. The average Bonchev–Trinajstić information content (AvgIpc) is 3.24. The van der Waals surface area contributed by atoms with Gasteiger partial charge in [-0.1, -0.05) is 35.5 Å². The van der Waals surface area contributed by atoms with Crippen LogP contribution in [0.1, 0.15) is 55.3 Å². The van der Waals surface area contributed by atoms with Crippen molar-refractivity contribution >= 4 is 5.91 Å². The summed E-state index contributed by atoms with van der Waals surface area (Å²) in [5.74, 6) is 2.08. The van der Waals surface area contributed by atoms with Crippen molar-refractivity contribution < 1.29 is 9.32 Å². The number of rotatable bonds is 5. The van der Waals surface area contributed by atoms with E-state index in [2.05, 4.69) is 27.6 Å². The molecule has 2 aromatic rings. The Bertz CT molecular complexity index is 737. The Balaban J connectivity index is 1.27. The number of carbonyl (C=O) groups is 1. The second-order valence-corrected chi connectivity index (χ2v) is 7.48. The minimum Gasteiger partial charge on any atom is -0.339 e. The molecule has 1 atom stereocenters. The highest BCUT2D eigenvalue weighted by molar-refractivity contribution is 5.84. The van der Waals surface area contributed by atoms with Crippen molar-refractivity contribution in [1.29, 1.82) is 0 Å². The van der Waals surface area contributed by atoms with E-state index < -0.39 is 0 Å². The Morgan fingerprint density at radius 3 is 2.62 bits per heavy atom. The summed E-state index contributed by atoms with van der Waals surface area (Å²) in [5.41, 5.74) is 1.19. The van der Waals surface area contributed by atoms with E-state index in [-0.39, 0.29) is 11.9 Å². The Hall–Kier alpha value is -2.21. The first-order valence-electron chi connectivity index (χ1n) is 9.58. The molecule has 0 bridgehead atoms. The lowest BCUT2D eigenvalue weighted by Gasteiger charge is -2.29. The van der Waals surface area contributed by atoms with Crippen molar-refractivity contribution in [3.8, 4) is 0 Å². The molecular weight excluding hydrogens is 328 g/mol. The zero-order chi connectivity index (χ0) is 17.9. The van der Waals surface area contributed by atoms with Gasteiger partial charge in [0.15, 0.2) is 5.82 Å². The molecule has 6 heteroatoms. The van der Waals surface area contributed by atoms with Crippen molar-refractivity contribution in [2.75, 3.05) is 6.54 Å². The van der Waals surface area contributed by atoms with Gasteiger partial charge in [0.1, 0.15) is 0 Å². The number of aromatic nitrogens is 2. The third kappa shape index (κ3) is 3.80. The zero-order valence-electron chi connectivity index (χ0n) is 15.2.